The van der Waals surface area contributed by atoms with Crippen molar-refractivity contribution in [2.24, 2.45) is 5.92 Å². The number of thiophene rings is 1. The predicted octanol–water partition coefficient (Wildman–Crippen LogP) is 3.34. The minimum Gasteiger partial charge on any atom is -0.475 e. The van der Waals surface area contributed by atoms with Gasteiger partial charge < -0.3 is 19.2 Å². The third-order valence-corrected chi connectivity index (χ3v) is 6.01. The van der Waals surface area contributed by atoms with E-state index in [4.69, 9.17) is 19.1 Å². The normalized spacial score (nSPS) is 22.1. The number of carboxylic acids is 1. The number of furan rings is 1. The summed E-state index contributed by atoms with van der Waals surface area (Å²) in [6.07, 6.45) is -2.25. The van der Waals surface area contributed by atoms with Crippen molar-refractivity contribution in [3.8, 4) is 0 Å². The molecule has 2 fully saturated rings. The molecule has 2 atom stereocenters. The summed E-state index contributed by atoms with van der Waals surface area (Å²) in [6.45, 7) is 5.00. The van der Waals surface area contributed by atoms with Gasteiger partial charge in [-0.15, -0.1) is 11.3 Å². The quantitative estimate of drug-likeness (QED) is 0.757. The summed E-state index contributed by atoms with van der Waals surface area (Å²) < 4.78 is 43.1. The first kappa shape index (κ1) is 23.3. The number of aliphatic carboxylic acids is 1. The van der Waals surface area contributed by atoms with Crippen LogP contribution in [0.5, 0.6) is 0 Å². The summed E-state index contributed by atoms with van der Waals surface area (Å²) in [5.41, 5.74) is 0. The molecule has 4 rings (SSSR count). The van der Waals surface area contributed by atoms with Gasteiger partial charge in [-0.25, -0.2) is 4.79 Å². The molecule has 0 spiro atoms. The summed E-state index contributed by atoms with van der Waals surface area (Å²) in [6, 6.07) is 7.78. The van der Waals surface area contributed by atoms with Crippen molar-refractivity contribution in [3.05, 3.63) is 46.5 Å². The van der Waals surface area contributed by atoms with Gasteiger partial charge in [-0.1, -0.05) is 6.07 Å². The van der Waals surface area contributed by atoms with Crippen molar-refractivity contribution in [1.82, 2.24) is 9.80 Å². The molecule has 2 aliphatic rings. The maximum absolute atomic E-state index is 12.5. The lowest BCUT2D eigenvalue weighted by molar-refractivity contribution is -0.192. The highest BCUT2D eigenvalue weighted by Gasteiger charge is 2.38. The molecular formula is C20H23F3N2O5S. The van der Waals surface area contributed by atoms with Gasteiger partial charge in [-0.05, 0) is 36.5 Å². The molecular weight excluding hydrogens is 437 g/mol. The fourth-order valence-corrected chi connectivity index (χ4v) is 4.37. The fraction of sp³-hybridized carbons (Fsp3) is 0.500. The molecule has 4 heterocycles. The summed E-state index contributed by atoms with van der Waals surface area (Å²) in [4.78, 5) is 27.2. The van der Waals surface area contributed by atoms with Crippen molar-refractivity contribution < 1.29 is 37.0 Å². The number of likely N-dealkylation sites (tertiary alicyclic amines) is 1. The van der Waals surface area contributed by atoms with Gasteiger partial charge in [-0.3, -0.25) is 9.69 Å². The van der Waals surface area contributed by atoms with Crippen LogP contribution in [0, 0.1) is 5.92 Å². The van der Waals surface area contributed by atoms with Crippen molar-refractivity contribution in [2.75, 3.05) is 32.8 Å². The summed E-state index contributed by atoms with van der Waals surface area (Å²) in [5, 5.41) is 9.25. The SMILES string of the molecule is O=C(O)C(F)(F)F.O=C(c1ccco1)N1CCO[C@@H]2CN(Cc3cccs3)CC[C@@H]2C1. The zero-order valence-corrected chi connectivity index (χ0v) is 17.4. The van der Waals surface area contributed by atoms with Gasteiger partial charge in [-0.2, -0.15) is 13.2 Å². The number of ether oxygens (including phenoxy) is 1. The van der Waals surface area contributed by atoms with Gasteiger partial charge in [0.15, 0.2) is 5.76 Å². The molecule has 2 aromatic heterocycles. The van der Waals surface area contributed by atoms with Crippen LogP contribution >= 0.6 is 11.3 Å². The van der Waals surface area contributed by atoms with E-state index < -0.39 is 12.1 Å². The number of fused-ring (bicyclic) bond motifs is 1. The number of amides is 1. The van der Waals surface area contributed by atoms with E-state index in [1.807, 2.05) is 16.2 Å². The number of hydrogen-bond acceptors (Lipinski definition) is 6. The summed E-state index contributed by atoms with van der Waals surface area (Å²) >= 11 is 1.81. The Morgan fingerprint density at radius 1 is 1.19 bits per heavy atom. The van der Waals surface area contributed by atoms with Crippen LogP contribution in [-0.4, -0.2) is 71.8 Å². The molecule has 2 aromatic rings. The van der Waals surface area contributed by atoms with E-state index >= 15 is 0 Å². The van der Waals surface area contributed by atoms with E-state index in [2.05, 4.69) is 22.4 Å². The maximum Gasteiger partial charge on any atom is 0.490 e. The molecule has 0 radical (unpaired) electrons. The van der Waals surface area contributed by atoms with E-state index in [0.717, 1.165) is 32.6 Å². The first-order valence-corrected chi connectivity index (χ1v) is 10.6. The third-order valence-electron chi connectivity index (χ3n) is 5.15. The zero-order chi connectivity index (χ0) is 22.4. The highest BCUT2D eigenvalue weighted by Crippen LogP contribution is 2.26. The summed E-state index contributed by atoms with van der Waals surface area (Å²) in [7, 11) is 0. The second-order valence-corrected chi connectivity index (χ2v) is 8.34. The fourth-order valence-electron chi connectivity index (χ4n) is 3.62. The van der Waals surface area contributed by atoms with E-state index in [1.165, 1.54) is 4.88 Å². The Bertz CT molecular complexity index is 842. The van der Waals surface area contributed by atoms with Crippen LogP contribution in [0.2, 0.25) is 0 Å². The van der Waals surface area contributed by atoms with Gasteiger partial charge >= 0.3 is 12.1 Å². The Morgan fingerprint density at radius 2 is 1.97 bits per heavy atom. The van der Waals surface area contributed by atoms with Gasteiger partial charge in [0.25, 0.3) is 5.91 Å². The molecule has 170 valence electrons. The number of halogens is 3. The Labute approximate surface area is 181 Å². The maximum atomic E-state index is 12.5. The van der Waals surface area contributed by atoms with Crippen LogP contribution in [-0.2, 0) is 16.1 Å². The highest BCUT2D eigenvalue weighted by atomic mass is 32.1. The van der Waals surface area contributed by atoms with Crippen LogP contribution in [0.3, 0.4) is 0 Å². The minimum absolute atomic E-state index is 0.0229. The molecule has 0 saturated carbocycles. The lowest BCUT2D eigenvalue weighted by Gasteiger charge is -2.37. The zero-order valence-electron chi connectivity index (χ0n) is 16.6. The summed E-state index contributed by atoms with van der Waals surface area (Å²) in [5.74, 6) is -1.95. The molecule has 0 aromatic carbocycles. The minimum atomic E-state index is -5.08. The van der Waals surface area contributed by atoms with Crippen molar-refractivity contribution in [1.29, 1.82) is 0 Å². The third kappa shape index (κ3) is 6.55. The number of nitrogens with zero attached hydrogens (tertiary/aromatic N) is 2. The molecule has 7 nitrogen and oxygen atoms in total. The monoisotopic (exact) mass is 460 g/mol. The lowest BCUT2D eigenvalue weighted by Crippen LogP contribution is -2.47. The highest BCUT2D eigenvalue weighted by molar-refractivity contribution is 7.09. The Kier molecular flexibility index (Phi) is 7.74. The predicted molar refractivity (Wildman–Crippen MR) is 106 cm³/mol. The number of hydrogen-bond donors (Lipinski definition) is 1. The number of alkyl halides is 3. The van der Waals surface area contributed by atoms with Crippen LogP contribution < -0.4 is 0 Å². The first-order chi connectivity index (χ1) is 14.7. The second-order valence-electron chi connectivity index (χ2n) is 7.30. The average molecular weight is 460 g/mol. The van der Waals surface area contributed by atoms with E-state index in [-0.39, 0.29) is 12.0 Å². The number of carboxylic acid groups (broad SMARTS) is 1. The van der Waals surface area contributed by atoms with Gasteiger partial charge in [0.1, 0.15) is 0 Å². The average Bonchev–Trinajstić information content (AvgIpc) is 3.38. The van der Waals surface area contributed by atoms with Gasteiger partial charge in [0.05, 0.1) is 19.0 Å². The van der Waals surface area contributed by atoms with Crippen LogP contribution in [0.4, 0.5) is 13.2 Å². The van der Waals surface area contributed by atoms with Gasteiger partial charge in [0, 0.05) is 37.0 Å². The van der Waals surface area contributed by atoms with E-state index in [1.54, 1.807) is 18.4 Å². The van der Waals surface area contributed by atoms with Crippen LogP contribution in [0.25, 0.3) is 0 Å². The largest absolute Gasteiger partial charge is 0.490 e. The smallest absolute Gasteiger partial charge is 0.475 e. The molecule has 1 N–H and O–H groups in total. The van der Waals surface area contributed by atoms with Crippen molar-refractivity contribution in [3.63, 3.8) is 0 Å². The molecule has 2 saturated heterocycles. The first-order valence-electron chi connectivity index (χ1n) is 9.73. The second kappa shape index (κ2) is 10.3. The number of piperidine rings is 1. The molecule has 0 bridgehead atoms. The van der Waals surface area contributed by atoms with Crippen LogP contribution in [0.1, 0.15) is 21.9 Å². The molecule has 0 unspecified atom stereocenters. The molecule has 31 heavy (non-hydrogen) atoms. The van der Waals surface area contributed by atoms with E-state index in [9.17, 15) is 18.0 Å². The van der Waals surface area contributed by atoms with Crippen molar-refractivity contribution in [2.45, 2.75) is 25.2 Å². The molecule has 0 aliphatic carbocycles. The van der Waals surface area contributed by atoms with Crippen molar-refractivity contribution >= 4 is 23.2 Å². The number of rotatable bonds is 3. The van der Waals surface area contributed by atoms with Crippen LogP contribution in [0.15, 0.2) is 40.3 Å². The Balaban J connectivity index is 0.000000339. The molecule has 11 heteroatoms. The standard InChI is InChI=1S/C18H22N2O3S.C2HF3O2/c21-18(16-4-1-8-22-16)20-7-9-23-17-13-19(6-5-14(17)11-20)12-15-3-2-10-24-15;3-2(4,5)1(6)7/h1-4,8,10,14,17H,5-7,9,11-13H2;(H,6,7)/t14-,17-;/m1./s1. The van der Waals surface area contributed by atoms with Gasteiger partial charge in [0.2, 0.25) is 0 Å². The van der Waals surface area contributed by atoms with E-state index in [0.29, 0.717) is 24.8 Å². The topological polar surface area (TPSA) is 83.2 Å². The number of carbonyl (C=O) groups excluding carboxylic acids is 1. The Morgan fingerprint density at radius 3 is 2.58 bits per heavy atom. The lowest BCUT2D eigenvalue weighted by atomic mass is 9.93. The number of carbonyl (C=O) groups is 2. The molecule has 1 amide bonds. The Hall–Kier alpha value is -2.37. The molecule has 2 aliphatic heterocycles.